The summed E-state index contributed by atoms with van der Waals surface area (Å²) in [6.07, 6.45) is 4.86. The van der Waals surface area contributed by atoms with Crippen LogP contribution in [0.2, 0.25) is 0 Å². The molecule has 0 amide bonds. The van der Waals surface area contributed by atoms with E-state index in [1.165, 1.54) is 29.5 Å². The molecule has 8 heteroatoms. The van der Waals surface area contributed by atoms with Gasteiger partial charge >= 0.3 is 5.97 Å². The molecule has 26 heavy (non-hydrogen) atoms. The summed E-state index contributed by atoms with van der Waals surface area (Å²) in [6.45, 7) is 3.18. The molecule has 2 aliphatic rings. The Balaban J connectivity index is 2.84. The first-order chi connectivity index (χ1) is 12.4. The van der Waals surface area contributed by atoms with Crippen LogP contribution >= 0.6 is 0 Å². The molecule has 1 atom stereocenters. The van der Waals surface area contributed by atoms with Crippen LogP contribution in [0.15, 0.2) is 35.7 Å². The van der Waals surface area contributed by atoms with Crippen LogP contribution in [0.3, 0.4) is 0 Å². The van der Waals surface area contributed by atoms with Crippen molar-refractivity contribution in [3.8, 4) is 30.3 Å². The standard InChI is InChI=1S/C18H12N6O2/c1-12(2)26-16(25)14-7-24-4-3-13(6-19)5-15(24)18(10-22,11-23)17(14,8-20)9-21/h3-5,7,12,15H,1-2H3. The van der Waals surface area contributed by atoms with Crippen molar-refractivity contribution in [2.24, 2.45) is 10.8 Å². The predicted molar refractivity (Wildman–Crippen MR) is 85.1 cm³/mol. The minimum atomic E-state index is -2.38. The lowest BCUT2D eigenvalue weighted by atomic mass is 9.56. The van der Waals surface area contributed by atoms with E-state index < -0.39 is 34.5 Å². The van der Waals surface area contributed by atoms with Crippen molar-refractivity contribution in [1.82, 2.24) is 4.90 Å². The Bertz CT molecular complexity index is 924. The van der Waals surface area contributed by atoms with Gasteiger partial charge in [-0.2, -0.15) is 26.3 Å². The summed E-state index contributed by atoms with van der Waals surface area (Å²) in [7, 11) is 0. The number of allylic oxidation sites excluding steroid dienone is 2. The van der Waals surface area contributed by atoms with E-state index in [1.54, 1.807) is 38.1 Å². The molecule has 0 bridgehead atoms. The lowest BCUT2D eigenvalue weighted by Crippen LogP contribution is -2.57. The molecule has 1 unspecified atom stereocenters. The molecule has 8 nitrogen and oxygen atoms in total. The van der Waals surface area contributed by atoms with Gasteiger partial charge in [0.05, 0.1) is 53.6 Å². The smallest absolute Gasteiger partial charge is 0.338 e. The third-order valence-electron chi connectivity index (χ3n) is 4.18. The first kappa shape index (κ1) is 18.3. The topological polar surface area (TPSA) is 148 Å². The fourth-order valence-corrected chi connectivity index (χ4v) is 2.93. The van der Waals surface area contributed by atoms with Gasteiger partial charge in [-0.05, 0) is 26.0 Å². The van der Waals surface area contributed by atoms with Crippen LogP contribution in [0, 0.1) is 67.5 Å². The Morgan fingerprint density at radius 3 is 2.23 bits per heavy atom. The number of carbonyl (C=O) groups is 1. The third-order valence-corrected chi connectivity index (χ3v) is 4.18. The number of fused-ring (bicyclic) bond motifs is 1. The molecular weight excluding hydrogens is 332 g/mol. The summed E-state index contributed by atoms with van der Waals surface area (Å²) in [6, 6.07) is 7.71. The van der Waals surface area contributed by atoms with Gasteiger partial charge in [0.15, 0.2) is 0 Å². The molecule has 0 saturated heterocycles. The normalized spacial score (nSPS) is 21.5. The molecule has 0 N–H and O–H groups in total. The number of carbonyl (C=O) groups excluding carboxylic acids is 1. The van der Waals surface area contributed by atoms with Gasteiger partial charge in [0.2, 0.25) is 10.8 Å². The Kier molecular flexibility index (Phi) is 4.53. The van der Waals surface area contributed by atoms with Crippen molar-refractivity contribution in [2.75, 3.05) is 0 Å². The second-order valence-electron chi connectivity index (χ2n) is 5.94. The lowest BCUT2D eigenvalue weighted by Gasteiger charge is -2.46. The number of esters is 1. The van der Waals surface area contributed by atoms with E-state index in [1.807, 2.05) is 6.07 Å². The molecule has 0 radical (unpaired) electrons. The number of ether oxygens (including phenoxy) is 1. The lowest BCUT2D eigenvalue weighted by molar-refractivity contribution is -0.144. The van der Waals surface area contributed by atoms with Crippen molar-refractivity contribution in [3.63, 3.8) is 0 Å². The molecular formula is C18H12N6O2. The first-order valence-corrected chi connectivity index (χ1v) is 7.51. The van der Waals surface area contributed by atoms with E-state index in [0.717, 1.165) is 0 Å². The van der Waals surface area contributed by atoms with Gasteiger partial charge in [-0.1, -0.05) is 0 Å². The molecule has 0 aromatic rings. The van der Waals surface area contributed by atoms with Crippen LogP contribution in [0.5, 0.6) is 0 Å². The molecule has 0 spiro atoms. The summed E-state index contributed by atoms with van der Waals surface area (Å²) in [4.78, 5) is 13.9. The number of hydrogen-bond acceptors (Lipinski definition) is 8. The zero-order valence-corrected chi connectivity index (χ0v) is 14.0. The van der Waals surface area contributed by atoms with Crippen LogP contribution in [-0.2, 0) is 9.53 Å². The molecule has 0 aliphatic carbocycles. The van der Waals surface area contributed by atoms with E-state index in [2.05, 4.69) is 0 Å². The highest BCUT2D eigenvalue weighted by Gasteiger charge is 2.66. The predicted octanol–water partition coefficient (Wildman–Crippen LogP) is 1.55. The molecule has 2 aliphatic heterocycles. The molecule has 0 saturated carbocycles. The maximum atomic E-state index is 12.5. The largest absolute Gasteiger partial charge is 0.460 e. The fourth-order valence-electron chi connectivity index (χ4n) is 2.93. The summed E-state index contributed by atoms with van der Waals surface area (Å²) < 4.78 is 5.11. The highest BCUT2D eigenvalue weighted by Crippen LogP contribution is 2.52. The van der Waals surface area contributed by atoms with Crippen LogP contribution < -0.4 is 0 Å². The highest BCUT2D eigenvalue weighted by molar-refractivity contribution is 5.93. The molecule has 126 valence electrons. The quantitative estimate of drug-likeness (QED) is 0.685. The SMILES string of the molecule is CC(C)OC(=O)C1=CN2C=CC(C#N)=CC2C(C#N)(C#N)C1(C#N)C#N. The molecule has 0 aromatic carbocycles. The van der Waals surface area contributed by atoms with E-state index in [9.17, 15) is 25.8 Å². The average Bonchev–Trinajstić information content (AvgIpc) is 2.65. The van der Waals surface area contributed by atoms with Gasteiger partial charge < -0.3 is 9.64 Å². The van der Waals surface area contributed by atoms with Crippen molar-refractivity contribution in [1.29, 1.82) is 26.3 Å². The minimum absolute atomic E-state index is 0.174. The van der Waals surface area contributed by atoms with Crippen molar-refractivity contribution in [2.45, 2.75) is 26.0 Å². The molecule has 0 fully saturated rings. The van der Waals surface area contributed by atoms with Crippen LogP contribution in [-0.4, -0.2) is 23.0 Å². The van der Waals surface area contributed by atoms with Crippen molar-refractivity contribution < 1.29 is 9.53 Å². The number of nitriles is 5. The Morgan fingerprint density at radius 1 is 1.15 bits per heavy atom. The van der Waals surface area contributed by atoms with Crippen molar-refractivity contribution >= 4 is 5.97 Å². The Hall–Kier alpha value is -4.06. The zero-order valence-electron chi connectivity index (χ0n) is 14.0. The average molecular weight is 344 g/mol. The van der Waals surface area contributed by atoms with E-state index in [4.69, 9.17) is 10.00 Å². The van der Waals surface area contributed by atoms with Gasteiger partial charge in [-0.25, -0.2) is 4.79 Å². The van der Waals surface area contributed by atoms with Crippen LogP contribution in [0.1, 0.15) is 13.8 Å². The van der Waals surface area contributed by atoms with Gasteiger partial charge in [0, 0.05) is 12.4 Å². The number of nitrogens with zero attached hydrogens (tertiary/aromatic N) is 6. The zero-order chi connectivity index (χ0) is 19.5. The minimum Gasteiger partial charge on any atom is -0.460 e. The summed E-state index contributed by atoms with van der Waals surface area (Å²) >= 11 is 0. The highest BCUT2D eigenvalue weighted by atomic mass is 16.5. The summed E-state index contributed by atoms with van der Waals surface area (Å²) in [5, 5.41) is 48.2. The third kappa shape index (κ3) is 2.29. The van der Waals surface area contributed by atoms with E-state index in [0.29, 0.717) is 0 Å². The molecule has 2 heterocycles. The van der Waals surface area contributed by atoms with Crippen molar-refractivity contribution in [3.05, 3.63) is 35.7 Å². The Labute approximate surface area is 150 Å². The summed E-state index contributed by atoms with van der Waals surface area (Å²) in [5.41, 5.74) is -4.85. The Morgan fingerprint density at radius 2 is 1.77 bits per heavy atom. The number of rotatable bonds is 2. The fraction of sp³-hybridized carbons (Fsp3) is 0.333. The van der Waals surface area contributed by atoms with E-state index >= 15 is 0 Å². The van der Waals surface area contributed by atoms with E-state index in [-0.39, 0.29) is 5.57 Å². The molecule has 2 rings (SSSR count). The number of hydrogen-bond donors (Lipinski definition) is 0. The second kappa shape index (κ2) is 6.45. The van der Waals surface area contributed by atoms with Crippen LogP contribution in [0.4, 0.5) is 0 Å². The summed E-state index contributed by atoms with van der Waals surface area (Å²) in [5.74, 6) is -0.958. The van der Waals surface area contributed by atoms with Gasteiger partial charge in [0.1, 0.15) is 0 Å². The monoisotopic (exact) mass is 344 g/mol. The maximum Gasteiger partial charge on any atom is 0.338 e. The van der Waals surface area contributed by atoms with Crippen LogP contribution in [0.25, 0.3) is 0 Å². The maximum absolute atomic E-state index is 12.5. The molecule has 0 aromatic heterocycles. The van der Waals surface area contributed by atoms with Gasteiger partial charge in [0.25, 0.3) is 0 Å². The first-order valence-electron chi connectivity index (χ1n) is 7.51. The second-order valence-corrected chi connectivity index (χ2v) is 5.94. The van der Waals surface area contributed by atoms with Gasteiger partial charge in [-0.3, -0.25) is 0 Å². The van der Waals surface area contributed by atoms with Gasteiger partial charge in [-0.15, -0.1) is 0 Å².